The van der Waals surface area contributed by atoms with Crippen LogP contribution in [0.15, 0.2) is 15.8 Å². The number of carbonyl (C=O) groups is 1. The number of aryl methyl sites for hydroxylation is 1. The molecule has 0 atom stereocenters. The van der Waals surface area contributed by atoms with Crippen LogP contribution in [0.4, 0.5) is 0 Å². The van der Waals surface area contributed by atoms with E-state index in [1.54, 1.807) is 13.8 Å². The number of carbonyl (C=O) groups excluding carboxylic acids is 1. The Kier molecular flexibility index (Phi) is 4.48. The smallest absolute Gasteiger partial charge is 0.394 e. The first kappa shape index (κ1) is 19.0. The molecule has 0 saturated carbocycles. The minimum absolute atomic E-state index is 0.252. The largest absolute Gasteiger partial charge is 0.492 e. The molecule has 0 unspecified atom stereocenters. The summed E-state index contributed by atoms with van der Waals surface area (Å²) in [5.41, 5.74) is -2.16. The van der Waals surface area contributed by atoms with Gasteiger partial charge in [-0.15, -0.1) is 0 Å². The number of aliphatic hydroxyl groups excluding tert-OH is 1. The Bertz CT molecular complexity index is 867. The quantitative estimate of drug-likeness (QED) is 0.622. The van der Waals surface area contributed by atoms with Gasteiger partial charge in [-0.05, 0) is 19.8 Å². The lowest BCUT2D eigenvalue weighted by molar-refractivity contribution is -0.493. The van der Waals surface area contributed by atoms with Crippen molar-refractivity contribution in [2.24, 2.45) is 0 Å². The van der Waals surface area contributed by atoms with Crippen molar-refractivity contribution in [3.05, 3.63) is 32.6 Å². The molecule has 3 aliphatic heterocycles. The first-order valence-electron chi connectivity index (χ1n) is 8.11. The summed E-state index contributed by atoms with van der Waals surface area (Å²) in [5.74, 6) is -0.665. The van der Waals surface area contributed by atoms with Crippen molar-refractivity contribution in [2.45, 2.75) is 51.8 Å². The second kappa shape index (κ2) is 6.14. The van der Waals surface area contributed by atoms with Gasteiger partial charge in [-0.1, -0.05) is 13.8 Å². The third-order valence-electron chi connectivity index (χ3n) is 4.78. The molecule has 12 heteroatoms. The Labute approximate surface area is 148 Å². The molecule has 11 nitrogen and oxygen atoms in total. The van der Waals surface area contributed by atoms with E-state index in [0.29, 0.717) is 12.8 Å². The molecule has 4 heterocycles. The Morgan fingerprint density at radius 1 is 1.35 bits per heavy atom. The van der Waals surface area contributed by atoms with Crippen molar-refractivity contribution in [2.75, 3.05) is 6.61 Å². The van der Waals surface area contributed by atoms with Crippen LogP contribution in [0, 0.1) is 6.92 Å². The van der Waals surface area contributed by atoms with E-state index in [1.165, 1.54) is 13.1 Å². The van der Waals surface area contributed by atoms with Gasteiger partial charge >= 0.3 is 19.6 Å². The minimum Gasteiger partial charge on any atom is -0.394 e. The maximum Gasteiger partial charge on any atom is 0.492 e. The molecule has 0 spiro atoms. The lowest BCUT2D eigenvalue weighted by Gasteiger charge is -2.62. The number of H-pyrrole nitrogens is 1. The molecule has 144 valence electrons. The van der Waals surface area contributed by atoms with E-state index in [0.717, 1.165) is 9.47 Å². The zero-order valence-electron chi connectivity index (χ0n) is 14.6. The highest BCUT2D eigenvalue weighted by atomic mass is 31.2. The predicted octanol–water partition coefficient (Wildman–Crippen LogP) is 0.0211. The summed E-state index contributed by atoms with van der Waals surface area (Å²) in [4.78, 5) is 39.6. The SMILES string of the molecule is CCC(CC)(CO)N(C(=O)Cn1cc(C)c(=O)[nH]c1=O)C12OP(=O)(O1)O2. The summed E-state index contributed by atoms with van der Waals surface area (Å²) in [6.45, 7) is 4.12. The molecule has 0 aromatic carbocycles. The normalized spacial score (nSPS) is 26.8. The van der Waals surface area contributed by atoms with E-state index >= 15 is 0 Å². The molecular weight excluding hydrogens is 369 g/mol. The van der Waals surface area contributed by atoms with E-state index in [2.05, 4.69) is 4.98 Å². The van der Waals surface area contributed by atoms with Gasteiger partial charge in [-0.3, -0.25) is 24.0 Å². The van der Waals surface area contributed by atoms with Crippen molar-refractivity contribution < 1.29 is 28.0 Å². The van der Waals surface area contributed by atoms with E-state index in [-0.39, 0.29) is 5.56 Å². The van der Waals surface area contributed by atoms with Crippen LogP contribution in [0.25, 0.3) is 0 Å². The number of rotatable bonds is 7. The van der Waals surface area contributed by atoms with Gasteiger partial charge in [-0.25, -0.2) is 22.9 Å². The van der Waals surface area contributed by atoms with E-state index < -0.39 is 49.8 Å². The molecule has 1 aromatic rings. The fourth-order valence-electron chi connectivity index (χ4n) is 3.09. The zero-order chi connectivity index (χ0) is 19.3. The van der Waals surface area contributed by atoms with Crippen LogP contribution in [0.3, 0.4) is 0 Å². The van der Waals surface area contributed by atoms with Crippen LogP contribution in [0.2, 0.25) is 0 Å². The van der Waals surface area contributed by atoms with Crippen LogP contribution >= 0.6 is 7.82 Å². The lowest BCUT2D eigenvalue weighted by atomic mass is 9.91. The fraction of sp³-hybridized carbons (Fsp3) is 0.643. The van der Waals surface area contributed by atoms with Crippen LogP contribution in [0.5, 0.6) is 0 Å². The molecule has 3 saturated heterocycles. The third kappa shape index (κ3) is 2.67. The molecule has 3 aliphatic rings. The summed E-state index contributed by atoms with van der Waals surface area (Å²) in [6.07, 6.45) is -0.0501. The molecule has 3 fully saturated rings. The highest BCUT2D eigenvalue weighted by molar-refractivity contribution is 7.51. The number of hydrogen-bond acceptors (Lipinski definition) is 8. The number of nitrogens with one attached hydrogen (secondary N) is 1. The van der Waals surface area contributed by atoms with Gasteiger partial charge in [0.1, 0.15) is 6.54 Å². The molecular formula is C14H20N3O8P. The average Bonchev–Trinajstić information content (AvgIpc) is 2.54. The van der Waals surface area contributed by atoms with Crippen molar-refractivity contribution in [1.82, 2.24) is 14.5 Å². The van der Waals surface area contributed by atoms with Gasteiger partial charge < -0.3 is 5.11 Å². The number of aromatic nitrogens is 2. The van der Waals surface area contributed by atoms with Crippen LogP contribution < -0.4 is 11.2 Å². The van der Waals surface area contributed by atoms with Crippen LogP contribution in [0.1, 0.15) is 32.3 Å². The van der Waals surface area contributed by atoms with Crippen molar-refractivity contribution >= 4 is 13.7 Å². The predicted molar refractivity (Wildman–Crippen MR) is 86.9 cm³/mol. The van der Waals surface area contributed by atoms with E-state index in [1.807, 2.05) is 0 Å². The summed E-state index contributed by atoms with van der Waals surface area (Å²) < 4.78 is 27.8. The summed E-state index contributed by atoms with van der Waals surface area (Å²) in [6, 6.07) is 0. The average molecular weight is 389 g/mol. The third-order valence-corrected chi connectivity index (χ3v) is 6.15. The molecule has 1 amide bonds. The summed E-state index contributed by atoms with van der Waals surface area (Å²) in [7, 11) is -3.58. The fourth-order valence-corrected chi connectivity index (χ4v) is 4.22. The monoisotopic (exact) mass is 389 g/mol. The maximum absolute atomic E-state index is 13.0. The Morgan fingerprint density at radius 3 is 2.38 bits per heavy atom. The van der Waals surface area contributed by atoms with E-state index in [9.17, 15) is 24.1 Å². The highest BCUT2D eigenvalue weighted by Crippen LogP contribution is 2.81. The second-order valence-corrected chi connectivity index (χ2v) is 7.71. The number of hydrogen-bond donors (Lipinski definition) is 2. The lowest BCUT2D eigenvalue weighted by Crippen LogP contribution is -2.75. The van der Waals surface area contributed by atoms with E-state index in [4.69, 9.17) is 13.6 Å². The maximum atomic E-state index is 13.0. The topological polar surface area (TPSA) is 140 Å². The van der Waals surface area contributed by atoms with Crippen molar-refractivity contribution in [3.8, 4) is 0 Å². The molecule has 4 rings (SSSR count). The number of nitrogens with zero attached hydrogens (tertiary/aromatic N) is 2. The van der Waals surface area contributed by atoms with Gasteiger partial charge in [0.05, 0.1) is 12.1 Å². The van der Waals surface area contributed by atoms with Crippen molar-refractivity contribution in [3.63, 3.8) is 0 Å². The Morgan fingerprint density at radius 2 is 1.92 bits per heavy atom. The number of aromatic amines is 1. The molecule has 0 radical (unpaired) electrons. The molecule has 2 bridgehead atoms. The first-order chi connectivity index (χ1) is 12.1. The van der Waals surface area contributed by atoms with Crippen molar-refractivity contribution in [1.29, 1.82) is 0 Å². The van der Waals surface area contributed by atoms with Crippen LogP contribution in [-0.4, -0.2) is 43.7 Å². The zero-order valence-corrected chi connectivity index (χ0v) is 15.4. The molecule has 26 heavy (non-hydrogen) atoms. The van der Waals surface area contributed by atoms with Gasteiger partial charge in [0.15, 0.2) is 0 Å². The standard InChI is InChI=1S/C14H20N3O8P/c1-4-13(5-2,8-18)17(14-23-26(22,24-14)25-14)10(19)7-16-6-9(3)11(20)15-12(16)21/h6,18H,4-5,7-8H2,1-3H3,(H,15,20,21). The first-order valence-corrected chi connectivity index (χ1v) is 9.57. The second-order valence-electron chi connectivity index (χ2n) is 6.26. The Hall–Kier alpha value is -1.78. The highest BCUT2D eigenvalue weighted by Gasteiger charge is 2.81. The Balaban J connectivity index is 1.96. The van der Waals surface area contributed by atoms with Gasteiger partial charge in [0, 0.05) is 11.8 Å². The van der Waals surface area contributed by atoms with Gasteiger partial charge in [0.2, 0.25) is 5.91 Å². The number of amides is 1. The van der Waals surface area contributed by atoms with Gasteiger partial charge in [0.25, 0.3) is 5.56 Å². The molecule has 1 aromatic heterocycles. The summed E-state index contributed by atoms with van der Waals surface area (Å²) in [5, 5.41) is 9.92. The number of aliphatic hydroxyl groups is 1. The van der Waals surface area contributed by atoms with Gasteiger partial charge in [-0.2, -0.15) is 0 Å². The molecule has 0 aliphatic carbocycles. The minimum atomic E-state index is -3.58. The summed E-state index contributed by atoms with van der Waals surface area (Å²) >= 11 is 0. The molecule has 2 N–H and O–H groups in total. The van der Waals surface area contributed by atoms with Crippen LogP contribution in [-0.2, 0) is 29.5 Å². The number of phosphoric ester groups is 1. The number of phosphoric acid groups is 1.